The van der Waals surface area contributed by atoms with Crippen molar-refractivity contribution in [1.82, 2.24) is 9.97 Å². The lowest BCUT2D eigenvalue weighted by Crippen LogP contribution is -2.32. The van der Waals surface area contributed by atoms with Crippen LogP contribution in [0, 0.1) is 0 Å². The summed E-state index contributed by atoms with van der Waals surface area (Å²) in [6, 6.07) is 1.92. The predicted octanol–water partition coefficient (Wildman–Crippen LogP) is 2.79. The molecule has 1 fully saturated rings. The molecule has 3 nitrogen and oxygen atoms in total. The van der Waals surface area contributed by atoms with Gasteiger partial charge < -0.3 is 4.74 Å². The Morgan fingerprint density at radius 3 is 3.07 bits per heavy atom. The predicted molar refractivity (Wildman–Crippen MR) is 61.8 cm³/mol. The normalized spacial score (nSPS) is 26.5. The number of nitrogens with zero attached hydrogens (tertiary/aromatic N) is 2. The molecule has 0 saturated carbocycles. The smallest absolute Gasteiger partial charge is 0.160 e. The Kier molecular flexibility index (Phi) is 3.36. The summed E-state index contributed by atoms with van der Waals surface area (Å²) >= 11 is 3.40. The molecular formula is C11H15BrN2O. The van der Waals surface area contributed by atoms with Gasteiger partial charge in [0.2, 0.25) is 0 Å². The van der Waals surface area contributed by atoms with Gasteiger partial charge in [0.05, 0.1) is 5.69 Å². The highest BCUT2D eigenvalue weighted by Crippen LogP contribution is 2.32. The van der Waals surface area contributed by atoms with Crippen molar-refractivity contribution in [2.24, 2.45) is 0 Å². The van der Waals surface area contributed by atoms with Crippen molar-refractivity contribution in [3.05, 3.63) is 23.8 Å². The maximum absolute atomic E-state index is 5.81. The van der Waals surface area contributed by atoms with Crippen molar-refractivity contribution in [3.63, 3.8) is 0 Å². The van der Waals surface area contributed by atoms with E-state index in [2.05, 4.69) is 32.8 Å². The van der Waals surface area contributed by atoms with Crippen LogP contribution in [0.1, 0.15) is 37.7 Å². The minimum atomic E-state index is -0.281. The summed E-state index contributed by atoms with van der Waals surface area (Å²) < 4.78 is 5.81. The van der Waals surface area contributed by atoms with Crippen LogP contribution in [-0.4, -0.2) is 16.6 Å². The summed E-state index contributed by atoms with van der Waals surface area (Å²) in [5.74, 6) is 0.819. The first-order valence-electron chi connectivity index (χ1n) is 5.27. The van der Waals surface area contributed by atoms with E-state index in [-0.39, 0.29) is 5.60 Å². The number of aromatic nitrogens is 2. The van der Waals surface area contributed by atoms with E-state index in [1.54, 1.807) is 0 Å². The molecule has 82 valence electrons. The molecule has 1 aromatic heterocycles. The molecular weight excluding hydrogens is 256 g/mol. The van der Waals surface area contributed by atoms with Crippen LogP contribution in [0.3, 0.4) is 0 Å². The van der Waals surface area contributed by atoms with Gasteiger partial charge in [-0.3, -0.25) is 0 Å². The van der Waals surface area contributed by atoms with Gasteiger partial charge in [0.15, 0.2) is 5.82 Å². The van der Waals surface area contributed by atoms with Crippen LogP contribution in [0.15, 0.2) is 12.3 Å². The zero-order valence-electron chi connectivity index (χ0n) is 8.87. The summed E-state index contributed by atoms with van der Waals surface area (Å²) in [5.41, 5.74) is 0.728. The van der Waals surface area contributed by atoms with Crippen molar-refractivity contribution >= 4 is 15.9 Å². The van der Waals surface area contributed by atoms with Crippen LogP contribution in [0.4, 0.5) is 0 Å². The van der Waals surface area contributed by atoms with E-state index >= 15 is 0 Å². The Balaban J connectivity index is 2.26. The minimum absolute atomic E-state index is 0.281. The molecule has 1 unspecified atom stereocenters. The Hall–Kier alpha value is -0.480. The van der Waals surface area contributed by atoms with E-state index in [1.165, 1.54) is 6.42 Å². The first-order valence-corrected chi connectivity index (χ1v) is 6.39. The van der Waals surface area contributed by atoms with Crippen LogP contribution < -0.4 is 0 Å². The fraction of sp³-hybridized carbons (Fsp3) is 0.636. The minimum Gasteiger partial charge on any atom is -0.367 e. The molecule has 0 radical (unpaired) electrons. The number of hydrogen-bond donors (Lipinski definition) is 0. The third kappa shape index (κ3) is 2.37. The average molecular weight is 271 g/mol. The molecule has 15 heavy (non-hydrogen) atoms. The zero-order chi connectivity index (χ0) is 10.7. The van der Waals surface area contributed by atoms with Gasteiger partial charge in [-0.15, -0.1) is 0 Å². The molecule has 1 aliphatic heterocycles. The van der Waals surface area contributed by atoms with Gasteiger partial charge in [-0.1, -0.05) is 15.9 Å². The van der Waals surface area contributed by atoms with Crippen LogP contribution >= 0.6 is 15.9 Å². The third-order valence-electron chi connectivity index (χ3n) is 2.79. The summed E-state index contributed by atoms with van der Waals surface area (Å²) in [5, 5.41) is 0.763. The van der Waals surface area contributed by atoms with Gasteiger partial charge in [-0.05, 0) is 32.3 Å². The number of ether oxygens (including phenoxy) is 1. The molecule has 1 aromatic rings. The van der Waals surface area contributed by atoms with Crippen LogP contribution in [0.2, 0.25) is 0 Å². The van der Waals surface area contributed by atoms with E-state index < -0.39 is 0 Å². The second-order valence-electron chi connectivity index (χ2n) is 4.04. The monoisotopic (exact) mass is 270 g/mol. The largest absolute Gasteiger partial charge is 0.367 e. The summed E-state index contributed by atoms with van der Waals surface area (Å²) in [7, 11) is 0. The van der Waals surface area contributed by atoms with Crippen molar-refractivity contribution in [3.8, 4) is 0 Å². The quantitative estimate of drug-likeness (QED) is 0.776. The summed E-state index contributed by atoms with van der Waals surface area (Å²) in [6.45, 7) is 2.90. The number of halogens is 1. The van der Waals surface area contributed by atoms with Gasteiger partial charge in [-0.25, -0.2) is 9.97 Å². The number of rotatable bonds is 2. The van der Waals surface area contributed by atoms with Crippen molar-refractivity contribution in [1.29, 1.82) is 0 Å². The topological polar surface area (TPSA) is 35.0 Å². The van der Waals surface area contributed by atoms with Gasteiger partial charge in [0.1, 0.15) is 5.60 Å². The lowest BCUT2D eigenvalue weighted by molar-refractivity contribution is -0.0761. The number of alkyl halides is 1. The summed E-state index contributed by atoms with van der Waals surface area (Å²) in [6.07, 6.45) is 5.16. The van der Waals surface area contributed by atoms with Gasteiger partial charge in [0.25, 0.3) is 0 Å². The van der Waals surface area contributed by atoms with E-state index in [0.717, 1.165) is 36.3 Å². The molecule has 1 aliphatic rings. The lowest BCUT2D eigenvalue weighted by atomic mass is 9.95. The molecule has 1 saturated heterocycles. The molecule has 0 amide bonds. The van der Waals surface area contributed by atoms with Crippen molar-refractivity contribution in [2.75, 3.05) is 6.61 Å². The Morgan fingerprint density at radius 2 is 2.40 bits per heavy atom. The third-order valence-corrected chi connectivity index (χ3v) is 3.37. The second kappa shape index (κ2) is 4.58. The molecule has 1 atom stereocenters. The molecule has 2 rings (SSSR count). The molecule has 0 aromatic carbocycles. The van der Waals surface area contributed by atoms with Gasteiger partial charge in [0, 0.05) is 18.1 Å². The van der Waals surface area contributed by atoms with Crippen LogP contribution in [0.25, 0.3) is 0 Å². The second-order valence-corrected chi connectivity index (χ2v) is 4.60. The molecule has 0 aliphatic carbocycles. The Bertz CT molecular complexity index is 337. The van der Waals surface area contributed by atoms with E-state index in [0.29, 0.717) is 0 Å². The van der Waals surface area contributed by atoms with Gasteiger partial charge >= 0.3 is 0 Å². The van der Waals surface area contributed by atoms with Crippen molar-refractivity contribution in [2.45, 2.75) is 37.1 Å². The fourth-order valence-electron chi connectivity index (χ4n) is 1.84. The SMILES string of the molecule is CC1(c2nccc(CBr)n2)CCCCO1. The Morgan fingerprint density at radius 1 is 1.53 bits per heavy atom. The zero-order valence-corrected chi connectivity index (χ0v) is 10.5. The van der Waals surface area contributed by atoms with Crippen LogP contribution in [0.5, 0.6) is 0 Å². The Labute approximate surface area is 98.4 Å². The number of hydrogen-bond acceptors (Lipinski definition) is 3. The molecule has 4 heteroatoms. The highest BCUT2D eigenvalue weighted by molar-refractivity contribution is 9.08. The average Bonchev–Trinajstić information content (AvgIpc) is 2.30. The fourth-order valence-corrected chi connectivity index (χ4v) is 2.15. The maximum Gasteiger partial charge on any atom is 0.160 e. The highest BCUT2D eigenvalue weighted by Gasteiger charge is 2.32. The van der Waals surface area contributed by atoms with Crippen LogP contribution in [-0.2, 0) is 15.7 Å². The van der Waals surface area contributed by atoms with E-state index in [4.69, 9.17) is 4.74 Å². The molecule has 0 bridgehead atoms. The molecule has 0 N–H and O–H groups in total. The maximum atomic E-state index is 5.81. The van der Waals surface area contributed by atoms with E-state index in [1.807, 2.05) is 12.3 Å². The lowest BCUT2D eigenvalue weighted by Gasteiger charge is -2.32. The standard InChI is InChI=1S/C11H15BrN2O/c1-11(5-2-3-7-15-11)10-13-6-4-9(8-12)14-10/h4,6H,2-3,5,7-8H2,1H3. The highest BCUT2D eigenvalue weighted by atomic mass is 79.9. The molecule has 2 heterocycles. The van der Waals surface area contributed by atoms with Gasteiger partial charge in [-0.2, -0.15) is 0 Å². The first-order chi connectivity index (χ1) is 7.24. The summed E-state index contributed by atoms with van der Waals surface area (Å²) in [4.78, 5) is 8.83. The van der Waals surface area contributed by atoms with E-state index in [9.17, 15) is 0 Å². The van der Waals surface area contributed by atoms with Crippen molar-refractivity contribution < 1.29 is 4.74 Å². The first kappa shape index (κ1) is 11.0. The molecule has 0 spiro atoms.